The van der Waals surface area contributed by atoms with Crippen LogP contribution in [0.15, 0.2) is 51.2 Å². The van der Waals surface area contributed by atoms with E-state index < -0.39 is 0 Å². The molecule has 0 radical (unpaired) electrons. The van der Waals surface area contributed by atoms with Gasteiger partial charge in [-0.25, -0.2) is 0 Å². The lowest BCUT2D eigenvalue weighted by Gasteiger charge is -2.20. The Hall–Kier alpha value is -1.53. The Balaban J connectivity index is 1.44. The summed E-state index contributed by atoms with van der Waals surface area (Å²) in [6.45, 7) is 2.99. The zero-order chi connectivity index (χ0) is 16.8. The molecule has 1 saturated heterocycles. The fourth-order valence-electron chi connectivity index (χ4n) is 2.93. The first-order chi connectivity index (χ1) is 11.7. The second kappa shape index (κ2) is 8.53. The van der Waals surface area contributed by atoms with Crippen LogP contribution in [-0.2, 0) is 6.42 Å². The van der Waals surface area contributed by atoms with Crippen LogP contribution in [0.1, 0.15) is 11.3 Å². The molecule has 4 nitrogen and oxygen atoms in total. The fourth-order valence-corrected chi connectivity index (χ4v) is 4.41. The molecule has 1 atom stereocenters. The van der Waals surface area contributed by atoms with E-state index in [4.69, 9.17) is 0 Å². The number of nitrogens with one attached hydrogen (secondary N) is 2. The number of anilines is 1. The number of nitrogens with zero attached hydrogens (tertiary/aromatic N) is 2. The summed E-state index contributed by atoms with van der Waals surface area (Å²) in [5, 5.41) is 6.97. The molecule has 0 spiro atoms. The van der Waals surface area contributed by atoms with E-state index in [-0.39, 0.29) is 0 Å². The highest BCUT2D eigenvalue weighted by atomic mass is 79.9. The summed E-state index contributed by atoms with van der Waals surface area (Å²) in [6.07, 6.45) is 2.14. The first-order valence-corrected chi connectivity index (χ1v) is 9.87. The van der Waals surface area contributed by atoms with E-state index in [2.05, 4.69) is 78.9 Å². The molecule has 1 aliphatic rings. The van der Waals surface area contributed by atoms with Gasteiger partial charge in [-0.05, 0) is 53.0 Å². The molecule has 2 heterocycles. The van der Waals surface area contributed by atoms with E-state index in [1.165, 1.54) is 14.4 Å². The van der Waals surface area contributed by atoms with Gasteiger partial charge in [-0.2, -0.15) is 0 Å². The predicted molar refractivity (Wildman–Crippen MR) is 107 cm³/mol. The molecule has 1 aromatic carbocycles. The maximum Gasteiger partial charge on any atom is 0.191 e. The molecule has 1 aromatic heterocycles. The SMILES string of the molecule is CN=C(NCCc1ccc(Br)s1)NC1CCN(c2ccccc2)C1. The molecule has 128 valence electrons. The minimum atomic E-state index is 0.437. The van der Waals surface area contributed by atoms with Gasteiger partial charge in [0.25, 0.3) is 0 Å². The van der Waals surface area contributed by atoms with Gasteiger partial charge in [0, 0.05) is 43.3 Å². The first kappa shape index (κ1) is 17.3. The van der Waals surface area contributed by atoms with Gasteiger partial charge in [0.15, 0.2) is 5.96 Å². The molecule has 24 heavy (non-hydrogen) atoms. The number of rotatable bonds is 5. The van der Waals surface area contributed by atoms with Crippen LogP contribution in [0.25, 0.3) is 0 Å². The number of para-hydroxylation sites is 1. The van der Waals surface area contributed by atoms with Gasteiger partial charge in [-0.3, -0.25) is 4.99 Å². The first-order valence-electron chi connectivity index (χ1n) is 8.26. The van der Waals surface area contributed by atoms with Crippen molar-refractivity contribution in [2.75, 3.05) is 31.6 Å². The Morgan fingerprint density at radius 1 is 1.29 bits per heavy atom. The Morgan fingerprint density at radius 2 is 2.12 bits per heavy atom. The summed E-state index contributed by atoms with van der Waals surface area (Å²) in [6, 6.07) is 15.3. The lowest BCUT2D eigenvalue weighted by molar-refractivity contribution is 0.648. The van der Waals surface area contributed by atoms with Crippen LogP contribution in [-0.4, -0.2) is 38.7 Å². The van der Waals surface area contributed by atoms with E-state index in [1.54, 1.807) is 11.3 Å². The fraction of sp³-hybridized carbons (Fsp3) is 0.389. The quantitative estimate of drug-likeness (QED) is 0.589. The van der Waals surface area contributed by atoms with E-state index >= 15 is 0 Å². The summed E-state index contributed by atoms with van der Waals surface area (Å²) >= 11 is 5.29. The average molecular weight is 407 g/mol. The van der Waals surface area contributed by atoms with Crippen LogP contribution in [0.4, 0.5) is 5.69 Å². The van der Waals surface area contributed by atoms with Crippen molar-refractivity contribution in [1.82, 2.24) is 10.6 Å². The molecular weight excluding hydrogens is 384 g/mol. The highest BCUT2D eigenvalue weighted by Gasteiger charge is 2.23. The third kappa shape index (κ3) is 4.74. The molecule has 0 saturated carbocycles. The normalized spacial score (nSPS) is 18.0. The Labute approximate surface area is 156 Å². The van der Waals surface area contributed by atoms with Crippen molar-refractivity contribution >= 4 is 38.9 Å². The predicted octanol–water partition coefficient (Wildman–Crippen LogP) is 3.50. The number of hydrogen-bond acceptors (Lipinski definition) is 3. The maximum atomic E-state index is 4.36. The second-order valence-electron chi connectivity index (χ2n) is 5.87. The van der Waals surface area contributed by atoms with Crippen molar-refractivity contribution in [2.24, 2.45) is 4.99 Å². The molecule has 0 bridgehead atoms. The van der Waals surface area contributed by atoms with Crippen LogP contribution in [0.2, 0.25) is 0 Å². The van der Waals surface area contributed by atoms with Gasteiger partial charge >= 0.3 is 0 Å². The number of benzene rings is 1. The summed E-state index contributed by atoms with van der Waals surface area (Å²) in [7, 11) is 1.83. The molecule has 0 aliphatic carbocycles. The number of thiophene rings is 1. The molecule has 2 N–H and O–H groups in total. The van der Waals surface area contributed by atoms with Crippen molar-refractivity contribution < 1.29 is 0 Å². The Kier molecular flexibility index (Phi) is 6.15. The topological polar surface area (TPSA) is 39.7 Å². The zero-order valence-corrected chi connectivity index (χ0v) is 16.2. The van der Waals surface area contributed by atoms with E-state index in [0.29, 0.717) is 6.04 Å². The van der Waals surface area contributed by atoms with Gasteiger partial charge in [0.05, 0.1) is 3.79 Å². The van der Waals surface area contributed by atoms with Crippen LogP contribution >= 0.6 is 27.3 Å². The van der Waals surface area contributed by atoms with Crippen molar-refractivity contribution in [1.29, 1.82) is 0 Å². The summed E-state index contributed by atoms with van der Waals surface area (Å²) in [5.74, 6) is 0.894. The highest BCUT2D eigenvalue weighted by molar-refractivity contribution is 9.11. The zero-order valence-electron chi connectivity index (χ0n) is 13.8. The number of halogens is 1. The molecule has 1 fully saturated rings. The molecule has 3 rings (SSSR count). The number of guanidine groups is 1. The summed E-state index contributed by atoms with van der Waals surface area (Å²) in [5.41, 5.74) is 1.30. The average Bonchev–Trinajstić information content (AvgIpc) is 3.24. The van der Waals surface area contributed by atoms with Gasteiger partial charge in [-0.15, -0.1) is 11.3 Å². The smallest absolute Gasteiger partial charge is 0.191 e. The van der Waals surface area contributed by atoms with Gasteiger partial charge < -0.3 is 15.5 Å². The summed E-state index contributed by atoms with van der Waals surface area (Å²) < 4.78 is 1.19. The Bertz CT molecular complexity index is 671. The molecule has 6 heteroatoms. The maximum absolute atomic E-state index is 4.36. The van der Waals surface area contributed by atoms with E-state index in [0.717, 1.165) is 38.4 Å². The highest BCUT2D eigenvalue weighted by Crippen LogP contribution is 2.22. The van der Waals surface area contributed by atoms with Crippen molar-refractivity contribution in [3.05, 3.63) is 51.1 Å². The lowest BCUT2D eigenvalue weighted by atomic mass is 10.2. The van der Waals surface area contributed by atoms with Gasteiger partial charge in [-0.1, -0.05) is 18.2 Å². The molecule has 1 aliphatic heterocycles. The van der Waals surface area contributed by atoms with E-state index in [1.807, 2.05) is 7.05 Å². The Morgan fingerprint density at radius 3 is 2.83 bits per heavy atom. The molecule has 2 aromatic rings. The standard InChI is InChI=1S/C18H23BrN4S/c1-20-18(21-11-9-16-7-8-17(19)24-16)22-14-10-12-23(13-14)15-5-3-2-4-6-15/h2-8,14H,9-13H2,1H3,(H2,20,21,22). The van der Waals surface area contributed by atoms with Crippen LogP contribution in [0, 0.1) is 0 Å². The monoisotopic (exact) mass is 406 g/mol. The summed E-state index contributed by atoms with van der Waals surface area (Å²) in [4.78, 5) is 8.16. The largest absolute Gasteiger partial charge is 0.369 e. The van der Waals surface area contributed by atoms with Crippen molar-refractivity contribution in [3.8, 4) is 0 Å². The third-order valence-electron chi connectivity index (χ3n) is 4.17. The molecule has 1 unspecified atom stereocenters. The van der Waals surface area contributed by atoms with Gasteiger partial charge in [0.2, 0.25) is 0 Å². The van der Waals surface area contributed by atoms with Gasteiger partial charge in [0.1, 0.15) is 0 Å². The van der Waals surface area contributed by atoms with Crippen molar-refractivity contribution in [3.63, 3.8) is 0 Å². The lowest BCUT2D eigenvalue weighted by Crippen LogP contribution is -2.45. The number of aliphatic imine (C=N–C) groups is 1. The third-order valence-corrected chi connectivity index (χ3v) is 5.85. The van der Waals surface area contributed by atoms with Crippen LogP contribution in [0.5, 0.6) is 0 Å². The minimum Gasteiger partial charge on any atom is -0.369 e. The number of hydrogen-bond donors (Lipinski definition) is 2. The van der Waals surface area contributed by atoms with Crippen LogP contribution < -0.4 is 15.5 Å². The molecule has 0 amide bonds. The second-order valence-corrected chi connectivity index (χ2v) is 8.41. The minimum absolute atomic E-state index is 0.437. The van der Waals surface area contributed by atoms with Crippen molar-refractivity contribution in [2.45, 2.75) is 18.9 Å². The van der Waals surface area contributed by atoms with E-state index in [9.17, 15) is 0 Å². The molecular formula is C18H23BrN4S. The van der Waals surface area contributed by atoms with Crippen LogP contribution in [0.3, 0.4) is 0 Å².